The van der Waals surface area contributed by atoms with Gasteiger partial charge in [-0.05, 0) is 43.7 Å². The first kappa shape index (κ1) is 15.3. The molecule has 5 heteroatoms. The zero-order valence-corrected chi connectivity index (χ0v) is 12.2. The number of amides is 2. The molecule has 1 aliphatic rings. The Hall–Kier alpha value is -2.14. The fraction of sp³-hybridized carbons (Fsp3) is 0.375. The summed E-state index contributed by atoms with van der Waals surface area (Å²) in [7, 11) is 1.93. The molecule has 2 rings (SSSR count). The Morgan fingerprint density at radius 3 is 2.67 bits per heavy atom. The van der Waals surface area contributed by atoms with Gasteiger partial charge in [0.05, 0.1) is 0 Å². The highest BCUT2D eigenvalue weighted by Crippen LogP contribution is 2.11. The van der Waals surface area contributed by atoms with Crippen molar-refractivity contribution in [2.45, 2.75) is 18.9 Å². The zero-order chi connectivity index (χ0) is 15.2. The predicted octanol–water partition coefficient (Wildman–Crippen LogP) is 1.01. The molecule has 0 radical (unpaired) electrons. The van der Waals surface area contributed by atoms with Gasteiger partial charge in [-0.2, -0.15) is 0 Å². The van der Waals surface area contributed by atoms with Gasteiger partial charge in [-0.15, -0.1) is 0 Å². The summed E-state index contributed by atoms with van der Waals surface area (Å²) in [6.07, 6.45) is 5.48. The summed E-state index contributed by atoms with van der Waals surface area (Å²) in [4.78, 5) is 25.0. The fourth-order valence-electron chi connectivity index (χ4n) is 2.44. The van der Waals surface area contributed by atoms with E-state index in [1.807, 2.05) is 11.9 Å². The lowest BCUT2D eigenvalue weighted by Gasteiger charge is -2.31. The van der Waals surface area contributed by atoms with Crippen LogP contribution >= 0.6 is 0 Å². The maximum atomic E-state index is 12.1. The number of likely N-dealkylation sites (tertiary alicyclic amines) is 1. The van der Waals surface area contributed by atoms with Gasteiger partial charge in [0, 0.05) is 30.8 Å². The molecule has 1 heterocycles. The van der Waals surface area contributed by atoms with Crippen LogP contribution in [0.1, 0.15) is 28.8 Å². The summed E-state index contributed by atoms with van der Waals surface area (Å²) in [5.74, 6) is -0.429. The molecule has 5 nitrogen and oxygen atoms in total. The molecule has 0 saturated carbocycles. The second kappa shape index (κ2) is 7.04. The van der Waals surface area contributed by atoms with E-state index in [1.165, 1.54) is 0 Å². The molecule has 0 aliphatic carbocycles. The monoisotopic (exact) mass is 287 g/mol. The molecule has 1 aromatic carbocycles. The third kappa shape index (κ3) is 4.16. The van der Waals surface area contributed by atoms with Crippen LogP contribution in [0.15, 0.2) is 30.3 Å². The number of nitrogens with two attached hydrogens (primary N) is 1. The minimum Gasteiger partial charge on any atom is -0.366 e. The Bertz CT molecular complexity index is 537. The molecule has 1 aliphatic heterocycles. The van der Waals surface area contributed by atoms with E-state index in [2.05, 4.69) is 5.32 Å². The van der Waals surface area contributed by atoms with Gasteiger partial charge >= 0.3 is 0 Å². The number of likely N-dealkylation sites (N-methyl/N-ethyl adjacent to an activating group) is 1. The van der Waals surface area contributed by atoms with Crippen LogP contribution < -0.4 is 11.1 Å². The Morgan fingerprint density at radius 1 is 1.33 bits per heavy atom. The SMILES string of the molecule is CNC1CCCN(C(=O)/C=C/c2ccc(C(N)=O)cc2)C1. The van der Waals surface area contributed by atoms with Gasteiger partial charge in [0.2, 0.25) is 11.8 Å². The van der Waals surface area contributed by atoms with E-state index >= 15 is 0 Å². The fourth-order valence-corrected chi connectivity index (χ4v) is 2.44. The van der Waals surface area contributed by atoms with Crippen molar-refractivity contribution in [1.82, 2.24) is 10.2 Å². The number of hydrogen-bond donors (Lipinski definition) is 2. The van der Waals surface area contributed by atoms with Crippen molar-refractivity contribution in [2.75, 3.05) is 20.1 Å². The molecule has 0 spiro atoms. The Balaban J connectivity index is 1.96. The molecule has 3 N–H and O–H groups in total. The molecule has 0 aromatic heterocycles. The summed E-state index contributed by atoms with van der Waals surface area (Å²) >= 11 is 0. The van der Waals surface area contributed by atoms with Gasteiger partial charge in [0.25, 0.3) is 0 Å². The quantitative estimate of drug-likeness (QED) is 0.812. The number of nitrogens with zero attached hydrogens (tertiary/aromatic N) is 1. The Morgan fingerprint density at radius 2 is 2.05 bits per heavy atom. The number of primary amides is 1. The van der Waals surface area contributed by atoms with Crippen molar-refractivity contribution in [3.05, 3.63) is 41.5 Å². The van der Waals surface area contributed by atoms with E-state index in [1.54, 1.807) is 36.4 Å². The van der Waals surface area contributed by atoms with Gasteiger partial charge in [-0.25, -0.2) is 0 Å². The number of benzene rings is 1. The normalized spacial score (nSPS) is 18.9. The van der Waals surface area contributed by atoms with Gasteiger partial charge in [-0.3, -0.25) is 9.59 Å². The van der Waals surface area contributed by atoms with Gasteiger partial charge in [0.1, 0.15) is 0 Å². The molecule has 1 unspecified atom stereocenters. The van der Waals surface area contributed by atoms with Crippen LogP contribution in [0.5, 0.6) is 0 Å². The highest BCUT2D eigenvalue weighted by molar-refractivity contribution is 5.94. The highest BCUT2D eigenvalue weighted by atomic mass is 16.2. The van der Waals surface area contributed by atoms with Crippen molar-refractivity contribution in [1.29, 1.82) is 0 Å². The van der Waals surface area contributed by atoms with E-state index < -0.39 is 5.91 Å². The van der Waals surface area contributed by atoms with Crippen LogP contribution in [0, 0.1) is 0 Å². The minimum atomic E-state index is -0.451. The smallest absolute Gasteiger partial charge is 0.248 e. The number of carbonyl (C=O) groups is 2. The summed E-state index contributed by atoms with van der Waals surface area (Å²) in [6, 6.07) is 7.24. The average Bonchev–Trinajstić information content (AvgIpc) is 2.53. The lowest BCUT2D eigenvalue weighted by Crippen LogP contribution is -2.46. The molecule has 1 saturated heterocycles. The minimum absolute atomic E-state index is 0.0222. The second-order valence-electron chi connectivity index (χ2n) is 5.23. The molecule has 0 bridgehead atoms. The van der Waals surface area contributed by atoms with Crippen LogP contribution in [-0.4, -0.2) is 42.9 Å². The van der Waals surface area contributed by atoms with Crippen LogP contribution in [0.4, 0.5) is 0 Å². The largest absolute Gasteiger partial charge is 0.366 e. The molecule has 1 atom stereocenters. The van der Waals surface area contributed by atoms with Crippen LogP contribution in [0.3, 0.4) is 0 Å². The summed E-state index contributed by atoms with van der Waals surface area (Å²) in [5.41, 5.74) is 6.52. The van der Waals surface area contributed by atoms with E-state index in [9.17, 15) is 9.59 Å². The third-order valence-electron chi connectivity index (χ3n) is 3.75. The first-order chi connectivity index (χ1) is 10.1. The van der Waals surface area contributed by atoms with Gasteiger partial charge in [-0.1, -0.05) is 12.1 Å². The molecule has 21 heavy (non-hydrogen) atoms. The molecule has 112 valence electrons. The number of nitrogens with one attached hydrogen (secondary N) is 1. The van der Waals surface area contributed by atoms with Crippen molar-refractivity contribution in [3.8, 4) is 0 Å². The van der Waals surface area contributed by atoms with Crippen molar-refractivity contribution in [3.63, 3.8) is 0 Å². The average molecular weight is 287 g/mol. The molecule has 2 amide bonds. The van der Waals surface area contributed by atoms with Crippen molar-refractivity contribution in [2.24, 2.45) is 5.73 Å². The maximum absolute atomic E-state index is 12.1. The van der Waals surface area contributed by atoms with Crippen LogP contribution in [0.2, 0.25) is 0 Å². The van der Waals surface area contributed by atoms with E-state index in [0.29, 0.717) is 11.6 Å². The second-order valence-corrected chi connectivity index (χ2v) is 5.23. The zero-order valence-electron chi connectivity index (χ0n) is 12.2. The van der Waals surface area contributed by atoms with E-state index in [4.69, 9.17) is 5.73 Å². The van der Waals surface area contributed by atoms with Crippen LogP contribution in [-0.2, 0) is 4.79 Å². The molecular weight excluding hydrogens is 266 g/mol. The molecular formula is C16H21N3O2. The maximum Gasteiger partial charge on any atom is 0.248 e. The third-order valence-corrected chi connectivity index (χ3v) is 3.75. The van der Waals surface area contributed by atoms with Crippen LogP contribution in [0.25, 0.3) is 6.08 Å². The summed E-state index contributed by atoms with van der Waals surface area (Å²) in [6.45, 7) is 1.56. The van der Waals surface area contributed by atoms with Crippen molar-refractivity contribution >= 4 is 17.9 Å². The number of rotatable bonds is 4. The topological polar surface area (TPSA) is 75.4 Å². The first-order valence-corrected chi connectivity index (χ1v) is 7.14. The Kier molecular flexibility index (Phi) is 5.11. The van der Waals surface area contributed by atoms with Gasteiger partial charge < -0.3 is 16.0 Å². The molecule has 1 fully saturated rings. The van der Waals surface area contributed by atoms with E-state index in [0.717, 1.165) is 31.5 Å². The van der Waals surface area contributed by atoms with Gasteiger partial charge in [0.15, 0.2) is 0 Å². The number of hydrogen-bond acceptors (Lipinski definition) is 3. The first-order valence-electron chi connectivity index (χ1n) is 7.14. The Labute approximate surface area is 124 Å². The molecule has 1 aromatic rings. The van der Waals surface area contributed by atoms with E-state index in [-0.39, 0.29) is 5.91 Å². The lowest BCUT2D eigenvalue weighted by molar-refractivity contribution is -0.127. The predicted molar refractivity (Wildman–Crippen MR) is 82.7 cm³/mol. The van der Waals surface area contributed by atoms with Crippen molar-refractivity contribution < 1.29 is 9.59 Å². The lowest BCUT2D eigenvalue weighted by atomic mass is 10.1. The summed E-state index contributed by atoms with van der Waals surface area (Å²) < 4.78 is 0. The number of piperidine rings is 1. The summed E-state index contributed by atoms with van der Waals surface area (Å²) in [5, 5.41) is 3.22. The standard InChI is InChI=1S/C16H21N3O2/c1-18-14-3-2-10-19(11-14)15(20)9-6-12-4-7-13(8-5-12)16(17)21/h4-9,14,18H,2-3,10-11H2,1H3,(H2,17,21)/b9-6+. The highest BCUT2D eigenvalue weighted by Gasteiger charge is 2.20. The number of carbonyl (C=O) groups excluding carboxylic acids is 2.